The van der Waals surface area contributed by atoms with Crippen LogP contribution in [-0.2, 0) is 11.3 Å². The Hall–Kier alpha value is -1.18. The Balaban J connectivity index is 1.94. The van der Waals surface area contributed by atoms with E-state index in [4.69, 9.17) is 11.6 Å². The molecule has 2 heterocycles. The third kappa shape index (κ3) is 3.97. The van der Waals surface area contributed by atoms with E-state index in [1.54, 1.807) is 23.9 Å². The minimum atomic E-state index is -0.00900. The van der Waals surface area contributed by atoms with Crippen molar-refractivity contribution >= 4 is 34.8 Å². The number of carbonyl (C=O) groups is 2. The molecule has 0 unspecified atom stereocenters. The minimum absolute atomic E-state index is 0.00113. The first-order valence-corrected chi connectivity index (χ1v) is 8.51. The second-order valence-corrected chi connectivity index (χ2v) is 6.86. The summed E-state index contributed by atoms with van der Waals surface area (Å²) in [6.07, 6.45) is 0. The number of aromatic nitrogens is 1. The highest BCUT2D eigenvalue weighted by Crippen LogP contribution is 2.21. The fraction of sp³-hybridized carbons (Fsp3) is 0.643. The van der Waals surface area contributed by atoms with Gasteiger partial charge in [-0.2, -0.15) is 0 Å². The summed E-state index contributed by atoms with van der Waals surface area (Å²) in [5.41, 5.74) is 0.787. The molecule has 2 amide bonds. The maximum Gasteiger partial charge on any atom is 0.265 e. The van der Waals surface area contributed by atoms with Crippen LogP contribution in [0.2, 0.25) is 0 Å². The van der Waals surface area contributed by atoms with Crippen LogP contribution >= 0.6 is 22.9 Å². The van der Waals surface area contributed by atoms with Crippen LogP contribution in [0.5, 0.6) is 0 Å². The number of rotatable bonds is 4. The van der Waals surface area contributed by atoms with Crippen molar-refractivity contribution in [2.24, 2.45) is 0 Å². The number of hydrogen-bond donors (Lipinski definition) is 0. The molecular weight excluding hydrogens is 324 g/mol. The van der Waals surface area contributed by atoms with E-state index in [-0.39, 0.29) is 17.7 Å². The van der Waals surface area contributed by atoms with E-state index in [1.807, 2.05) is 6.92 Å². The molecule has 122 valence electrons. The number of carbonyl (C=O) groups excluding carboxylic acids is 2. The third-order valence-corrected chi connectivity index (χ3v) is 5.00. The van der Waals surface area contributed by atoms with Crippen LogP contribution in [-0.4, -0.2) is 77.7 Å². The summed E-state index contributed by atoms with van der Waals surface area (Å²) in [5, 5.41) is 0.944. The number of thiazole rings is 1. The number of halogens is 1. The van der Waals surface area contributed by atoms with Crippen molar-refractivity contribution in [3.8, 4) is 0 Å². The van der Waals surface area contributed by atoms with Crippen molar-refractivity contribution in [2.75, 3.05) is 46.2 Å². The summed E-state index contributed by atoms with van der Waals surface area (Å²) in [7, 11) is 3.49. The molecular formula is C14H21ClN4O2S. The number of aryl methyl sites for hydroxylation is 1. The highest BCUT2D eigenvalue weighted by molar-refractivity contribution is 7.13. The first-order chi connectivity index (χ1) is 10.4. The Kier molecular flexibility index (Phi) is 5.77. The summed E-state index contributed by atoms with van der Waals surface area (Å²) >= 11 is 7.03. The Morgan fingerprint density at radius 3 is 2.45 bits per heavy atom. The lowest BCUT2D eigenvalue weighted by atomic mass is 10.3. The minimum Gasteiger partial charge on any atom is -0.344 e. The predicted octanol–water partition coefficient (Wildman–Crippen LogP) is 1.04. The average molecular weight is 345 g/mol. The number of nitrogens with zero attached hydrogens (tertiary/aromatic N) is 4. The quantitative estimate of drug-likeness (QED) is 0.766. The highest BCUT2D eigenvalue weighted by atomic mass is 35.5. The number of hydrogen-bond acceptors (Lipinski definition) is 5. The summed E-state index contributed by atoms with van der Waals surface area (Å²) in [6, 6.07) is 0. The zero-order chi connectivity index (χ0) is 16.3. The predicted molar refractivity (Wildman–Crippen MR) is 87.4 cm³/mol. The van der Waals surface area contributed by atoms with E-state index in [0.29, 0.717) is 18.0 Å². The third-order valence-electron chi connectivity index (χ3n) is 3.64. The summed E-state index contributed by atoms with van der Waals surface area (Å²) in [4.78, 5) is 34.4. The van der Waals surface area contributed by atoms with Crippen LogP contribution in [0.25, 0.3) is 0 Å². The highest BCUT2D eigenvalue weighted by Gasteiger charge is 2.22. The molecule has 0 radical (unpaired) electrons. The van der Waals surface area contributed by atoms with Crippen LogP contribution in [0, 0.1) is 6.92 Å². The molecule has 1 aromatic rings. The fourth-order valence-corrected chi connectivity index (χ4v) is 3.65. The van der Waals surface area contributed by atoms with E-state index < -0.39 is 0 Å². The molecule has 1 aliphatic heterocycles. The molecule has 1 aromatic heterocycles. The van der Waals surface area contributed by atoms with Gasteiger partial charge in [-0.05, 0) is 6.92 Å². The van der Waals surface area contributed by atoms with Gasteiger partial charge in [0.2, 0.25) is 5.91 Å². The van der Waals surface area contributed by atoms with Crippen molar-refractivity contribution in [3.05, 3.63) is 15.6 Å². The number of alkyl halides is 1. The van der Waals surface area contributed by atoms with E-state index >= 15 is 0 Å². The average Bonchev–Trinajstić information content (AvgIpc) is 2.86. The molecule has 1 aliphatic rings. The lowest BCUT2D eigenvalue weighted by Gasteiger charge is -2.33. The second-order valence-electron chi connectivity index (χ2n) is 5.51. The molecule has 0 bridgehead atoms. The van der Waals surface area contributed by atoms with Crippen LogP contribution in [0.4, 0.5) is 0 Å². The first-order valence-electron chi connectivity index (χ1n) is 7.16. The van der Waals surface area contributed by atoms with Crippen molar-refractivity contribution in [2.45, 2.75) is 13.5 Å². The topological polar surface area (TPSA) is 56.8 Å². The van der Waals surface area contributed by atoms with Crippen LogP contribution < -0.4 is 0 Å². The Bertz CT molecular complexity index is 553. The Morgan fingerprint density at radius 2 is 1.91 bits per heavy atom. The molecule has 8 heteroatoms. The normalized spacial score (nSPS) is 15.9. The SMILES string of the molecule is Cc1nc(CN2CCN(C(=O)CCl)CC2)sc1C(=O)N(C)C. The smallest absolute Gasteiger partial charge is 0.265 e. The monoisotopic (exact) mass is 344 g/mol. The zero-order valence-electron chi connectivity index (χ0n) is 13.1. The molecule has 0 N–H and O–H groups in total. The van der Waals surface area contributed by atoms with Gasteiger partial charge in [0.05, 0.1) is 12.2 Å². The molecule has 0 saturated carbocycles. The van der Waals surface area contributed by atoms with Gasteiger partial charge in [0.25, 0.3) is 5.91 Å². The lowest BCUT2D eigenvalue weighted by Crippen LogP contribution is -2.48. The van der Waals surface area contributed by atoms with Crippen molar-refractivity contribution in [3.63, 3.8) is 0 Å². The van der Waals surface area contributed by atoms with Crippen LogP contribution in [0.1, 0.15) is 20.4 Å². The van der Waals surface area contributed by atoms with Gasteiger partial charge in [-0.15, -0.1) is 22.9 Å². The lowest BCUT2D eigenvalue weighted by molar-refractivity contribution is -0.130. The second kappa shape index (κ2) is 7.39. The Morgan fingerprint density at radius 1 is 1.27 bits per heavy atom. The van der Waals surface area contributed by atoms with Crippen molar-refractivity contribution in [1.82, 2.24) is 19.7 Å². The van der Waals surface area contributed by atoms with Gasteiger partial charge in [0, 0.05) is 40.3 Å². The summed E-state index contributed by atoms with van der Waals surface area (Å²) < 4.78 is 0. The molecule has 0 aliphatic carbocycles. The van der Waals surface area contributed by atoms with Gasteiger partial charge in [-0.3, -0.25) is 14.5 Å². The van der Waals surface area contributed by atoms with Gasteiger partial charge in [0.15, 0.2) is 0 Å². The maximum absolute atomic E-state index is 12.0. The first kappa shape index (κ1) is 17.2. The molecule has 1 fully saturated rings. The summed E-state index contributed by atoms with van der Waals surface area (Å²) in [5.74, 6) is 0.0332. The van der Waals surface area contributed by atoms with Crippen molar-refractivity contribution < 1.29 is 9.59 Å². The van der Waals surface area contributed by atoms with E-state index in [1.165, 1.54) is 11.3 Å². The molecule has 0 aromatic carbocycles. The molecule has 22 heavy (non-hydrogen) atoms. The number of piperazine rings is 1. The summed E-state index contributed by atoms with van der Waals surface area (Å²) in [6.45, 7) is 5.58. The van der Waals surface area contributed by atoms with Gasteiger partial charge >= 0.3 is 0 Å². The van der Waals surface area contributed by atoms with Gasteiger partial charge in [-0.25, -0.2) is 4.98 Å². The van der Waals surface area contributed by atoms with E-state index in [2.05, 4.69) is 9.88 Å². The van der Waals surface area contributed by atoms with Gasteiger partial charge in [-0.1, -0.05) is 0 Å². The van der Waals surface area contributed by atoms with Crippen LogP contribution in [0.3, 0.4) is 0 Å². The van der Waals surface area contributed by atoms with E-state index in [9.17, 15) is 9.59 Å². The molecule has 2 rings (SSSR count). The molecule has 1 saturated heterocycles. The largest absolute Gasteiger partial charge is 0.344 e. The standard InChI is InChI=1S/C14H21ClN4O2S/c1-10-13(14(21)17(2)3)22-11(16-10)9-18-4-6-19(7-5-18)12(20)8-15/h4-9H2,1-3H3. The van der Waals surface area contributed by atoms with Gasteiger partial charge < -0.3 is 9.80 Å². The van der Waals surface area contributed by atoms with Crippen LogP contribution in [0.15, 0.2) is 0 Å². The van der Waals surface area contributed by atoms with Crippen molar-refractivity contribution in [1.29, 1.82) is 0 Å². The molecule has 0 atom stereocenters. The number of amides is 2. The fourth-order valence-electron chi connectivity index (χ4n) is 2.35. The maximum atomic E-state index is 12.0. The van der Waals surface area contributed by atoms with Gasteiger partial charge in [0.1, 0.15) is 15.8 Å². The Labute approximate surface area is 139 Å². The molecule has 0 spiro atoms. The van der Waals surface area contributed by atoms with E-state index in [0.717, 1.165) is 30.3 Å². The zero-order valence-corrected chi connectivity index (χ0v) is 14.7. The molecule has 6 nitrogen and oxygen atoms in total.